The fourth-order valence-electron chi connectivity index (χ4n) is 3.49. The molecule has 0 aliphatic carbocycles. The highest BCUT2D eigenvalue weighted by atomic mass is 19.1. The molecule has 2 heterocycles. The van der Waals surface area contributed by atoms with Crippen LogP contribution in [0.2, 0.25) is 0 Å². The van der Waals surface area contributed by atoms with Gasteiger partial charge in [0.05, 0.1) is 20.4 Å². The van der Waals surface area contributed by atoms with Crippen molar-refractivity contribution in [3.63, 3.8) is 0 Å². The number of halogens is 1. The monoisotopic (exact) mass is 524 g/mol. The summed E-state index contributed by atoms with van der Waals surface area (Å²) in [6, 6.07) is 10.0. The first kappa shape index (κ1) is 26.2. The number of hydrogen-bond donors (Lipinski definition) is 4. The number of anilines is 1. The van der Waals surface area contributed by atoms with E-state index in [4.69, 9.17) is 20.9 Å². The first-order chi connectivity index (χ1) is 18.3. The molecule has 0 bridgehead atoms. The van der Waals surface area contributed by atoms with E-state index >= 15 is 4.39 Å². The smallest absolute Gasteiger partial charge is 0.350 e. The molecule has 4 rings (SSSR count). The molecule has 38 heavy (non-hydrogen) atoms. The lowest BCUT2D eigenvalue weighted by Crippen LogP contribution is -2.20. The van der Waals surface area contributed by atoms with Crippen LogP contribution in [0.5, 0.6) is 11.5 Å². The maximum absolute atomic E-state index is 15.8. The second kappa shape index (κ2) is 11.5. The van der Waals surface area contributed by atoms with E-state index in [9.17, 15) is 9.59 Å². The predicted octanol–water partition coefficient (Wildman–Crippen LogP) is 1.17. The van der Waals surface area contributed by atoms with E-state index in [1.54, 1.807) is 30.3 Å². The fourth-order valence-corrected chi connectivity index (χ4v) is 3.49. The van der Waals surface area contributed by atoms with E-state index in [2.05, 4.69) is 30.1 Å². The van der Waals surface area contributed by atoms with E-state index < -0.39 is 36.3 Å². The van der Waals surface area contributed by atoms with Gasteiger partial charge in [-0.05, 0) is 29.8 Å². The number of nitrogens with one attached hydrogen (secondary N) is 2. The number of rotatable bonds is 10. The van der Waals surface area contributed by atoms with Crippen molar-refractivity contribution in [3.05, 3.63) is 88.1 Å². The molecule has 1 atom stereocenters. The van der Waals surface area contributed by atoms with Gasteiger partial charge in [-0.25, -0.2) is 23.9 Å². The zero-order valence-electron chi connectivity index (χ0n) is 20.4. The Labute approximate surface area is 215 Å². The molecule has 0 fully saturated rings. The van der Waals surface area contributed by atoms with Crippen LogP contribution in [0.25, 0.3) is 5.95 Å². The number of methoxy groups -OCH3 is 2. The normalized spacial score (nSPS) is 11.7. The molecule has 0 saturated heterocycles. The number of nitrogens with zero attached hydrogens (tertiary/aromatic N) is 4. The van der Waals surface area contributed by atoms with Gasteiger partial charge in [0.25, 0.3) is 5.95 Å². The molecule has 0 spiro atoms. The van der Waals surface area contributed by atoms with Crippen LogP contribution in [-0.2, 0) is 9.53 Å². The summed E-state index contributed by atoms with van der Waals surface area (Å²) in [4.78, 5) is 35.0. The molecule has 0 radical (unpaired) electrons. The standard InChI is InChI=1S/C24H25FN8O5/c1-36-15-10-16(19(25)17(11-15)38-12-18(34)37-2)20(30-14-6-4-13(5-7-14)21(26)27)22-31-24(35)33(32-22)23-28-8-3-9-29-23/h3-11,20-21,30H,12,26-27H2,1-2H3,(H,31,32,35). The van der Waals surface area contributed by atoms with Gasteiger partial charge in [0.1, 0.15) is 11.8 Å². The molecule has 2 aromatic heterocycles. The first-order valence-corrected chi connectivity index (χ1v) is 11.2. The minimum absolute atomic E-state index is 0.00120. The zero-order chi connectivity index (χ0) is 27.2. The predicted molar refractivity (Wildman–Crippen MR) is 133 cm³/mol. The summed E-state index contributed by atoms with van der Waals surface area (Å²) in [5, 5.41) is 7.47. The fraction of sp³-hybridized carbons (Fsp3) is 0.208. The molecule has 6 N–H and O–H groups in total. The van der Waals surface area contributed by atoms with Crippen LogP contribution in [0.1, 0.15) is 29.2 Å². The molecule has 4 aromatic rings. The quantitative estimate of drug-likeness (QED) is 0.172. The Hall–Kier alpha value is -4.82. The third kappa shape index (κ3) is 5.77. The van der Waals surface area contributed by atoms with Gasteiger partial charge in [0.2, 0.25) is 0 Å². The molecular formula is C24H25FN8O5. The Kier molecular flexibility index (Phi) is 7.94. The topological polar surface area (TPSA) is 185 Å². The summed E-state index contributed by atoms with van der Waals surface area (Å²) in [5.74, 6) is -1.51. The summed E-state index contributed by atoms with van der Waals surface area (Å²) >= 11 is 0. The van der Waals surface area contributed by atoms with Crippen LogP contribution in [0.15, 0.2) is 59.7 Å². The third-order valence-electron chi connectivity index (χ3n) is 5.42. The second-order valence-corrected chi connectivity index (χ2v) is 7.89. The van der Waals surface area contributed by atoms with Gasteiger partial charge in [-0.2, -0.15) is 0 Å². The van der Waals surface area contributed by atoms with Crippen LogP contribution in [-0.4, -0.2) is 51.5 Å². The first-order valence-electron chi connectivity index (χ1n) is 11.2. The molecule has 1 unspecified atom stereocenters. The molecular weight excluding hydrogens is 499 g/mol. The van der Waals surface area contributed by atoms with Gasteiger partial charge in [0, 0.05) is 29.7 Å². The zero-order valence-corrected chi connectivity index (χ0v) is 20.4. The van der Waals surface area contributed by atoms with Gasteiger partial charge in [0.15, 0.2) is 24.0 Å². The number of aromatic nitrogens is 5. The molecule has 0 aliphatic heterocycles. The van der Waals surface area contributed by atoms with Crippen LogP contribution in [0, 0.1) is 5.82 Å². The summed E-state index contributed by atoms with van der Waals surface area (Å²) < 4.78 is 32.0. The lowest BCUT2D eigenvalue weighted by Gasteiger charge is -2.21. The van der Waals surface area contributed by atoms with Gasteiger partial charge in [-0.1, -0.05) is 12.1 Å². The summed E-state index contributed by atoms with van der Waals surface area (Å²) in [6.45, 7) is -0.532. The van der Waals surface area contributed by atoms with Crippen LogP contribution < -0.4 is 31.9 Å². The highest BCUT2D eigenvalue weighted by Gasteiger charge is 2.27. The van der Waals surface area contributed by atoms with Crippen molar-refractivity contribution in [2.24, 2.45) is 11.5 Å². The average molecular weight is 525 g/mol. The Morgan fingerprint density at radius 3 is 2.50 bits per heavy atom. The highest BCUT2D eigenvalue weighted by Crippen LogP contribution is 2.35. The number of H-pyrrole nitrogens is 1. The lowest BCUT2D eigenvalue weighted by molar-refractivity contribution is -0.142. The van der Waals surface area contributed by atoms with Crippen molar-refractivity contribution >= 4 is 11.7 Å². The third-order valence-corrected chi connectivity index (χ3v) is 5.42. The molecule has 2 aromatic carbocycles. The molecule has 0 amide bonds. The van der Waals surface area contributed by atoms with Crippen molar-refractivity contribution in [3.8, 4) is 17.4 Å². The molecule has 13 nitrogen and oxygen atoms in total. The Bertz CT molecular complexity index is 1460. The number of esters is 1. The van der Waals surface area contributed by atoms with Gasteiger partial charge in [-0.15, -0.1) is 9.78 Å². The largest absolute Gasteiger partial charge is 0.497 e. The number of ether oxygens (including phenoxy) is 3. The van der Waals surface area contributed by atoms with Gasteiger partial charge >= 0.3 is 11.7 Å². The van der Waals surface area contributed by atoms with Gasteiger partial charge < -0.3 is 31.0 Å². The molecule has 0 aliphatic rings. The summed E-state index contributed by atoms with van der Waals surface area (Å²) in [5.41, 5.74) is 12.0. The second-order valence-electron chi connectivity index (χ2n) is 7.89. The van der Waals surface area contributed by atoms with Gasteiger partial charge in [-0.3, -0.25) is 4.98 Å². The summed E-state index contributed by atoms with van der Waals surface area (Å²) in [6.07, 6.45) is 2.23. The Morgan fingerprint density at radius 2 is 1.87 bits per heavy atom. The van der Waals surface area contributed by atoms with Crippen molar-refractivity contribution < 1.29 is 23.4 Å². The number of carbonyl (C=O) groups excluding carboxylic acids is 1. The minimum atomic E-state index is -1.07. The van der Waals surface area contributed by atoms with E-state index in [-0.39, 0.29) is 28.8 Å². The summed E-state index contributed by atoms with van der Waals surface area (Å²) in [7, 11) is 2.58. The minimum Gasteiger partial charge on any atom is -0.497 e. The molecule has 198 valence electrons. The van der Waals surface area contributed by atoms with E-state index in [1.165, 1.54) is 38.7 Å². The number of benzene rings is 2. The van der Waals surface area contributed by atoms with Crippen molar-refractivity contribution in [2.45, 2.75) is 12.2 Å². The number of carbonyl (C=O) groups is 1. The molecule has 14 heteroatoms. The van der Waals surface area contributed by atoms with E-state index in [1.807, 2.05) is 0 Å². The SMILES string of the molecule is COC(=O)COc1cc(OC)cc(C(Nc2ccc(C(N)N)cc2)c2nn(-c3ncccn3)c(=O)[nH]2)c1F. The maximum Gasteiger partial charge on any atom is 0.350 e. The van der Waals surface area contributed by atoms with E-state index in [0.29, 0.717) is 11.3 Å². The molecule has 0 saturated carbocycles. The van der Waals surface area contributed by atoms with E-state index in [0.717, 1.165) is 4.68 Å². The number of aromatic amines is 1. The Balaban J connectivity index is 1.82. The number of nitrogens with two attached hydrogens (primary N) is 2. The Morgan fingerprint density at radius 1 is 1.16 bits per heavy atom. The maximum atomic E-state index is 15.8. The highest BCUT2D eigenvalue weighted by molar-refractivity contribution is 5.71. The van der Waals surface area contributed by atoms with Crippen LogP contribution in [0.3, 0.4) is 0 Å². The van der Waals surface area contributed by atoms with Crippen molar-refractivity contribution in [1.82, 2.24) is 24.7 Å². The number of hydrogen-bond acceptors (Lipinski definition) is 11. The lowest BCUT2D eigenvalue weighted by atomic mass is 10.0. The van der Waals surface area contributed by atoms with Crippen LogP contribution >= 0.6 is 0 Å². The van der Waals surface area contributed by atoms with Crippen LogP contribution in [0.4, 0.5) is 10.1 Å². The van der Waals surface area contributed by atoms with Crippen molar-refractivity contribution in [1.29, 1.82) is 0 Å². The van der Waals surface area contributed by atoms with Crippen molar-refractivity contribution in [2.75, 3.05) is 26.1 Å². The average Bonchev–Trinajstić information content (AvgIpc) is 3.33.